The number of hydrogen-bond donors (Lipinski definition) is 2. The SMILES string of the molecule is c1ccc(CNc2ccc3c(c2)NSCO3)cc1. The van der Waals surface area contributed by atoms with Gasteiger partial charge in [0.25, 0.3) is 0 Å². The lowest BCUT2D eigenvalue weighted by Crippen LogP contribution is -2.06. The summed E-state index contributed by atoms with van der Waals surface area (Å²) in [6.45, 7) is 0.827. The van der Waals surface area contributed by atoms with Crippen molar-refractivity contribution in [1.82, 2.24) is 0 Å². The van der Waals surface area contributed by atoms with Crippen molar-refractivity contribution < 1.29 is 4.74 Å². The molecule has 1 heterocycles. The van der Waals surface area contributed by atoms with E-state index in [2.05, 4.69) is 40.4 Å². The van der Waals surface area contributed by atoms with E-state index in [1.807, 2.05) is 18.2 Å². The quantitative estimate of drug-likeness (QED) is 0.822. The lowest BCUT2D eigenvalue weighted by atomic mass is 10.2. The zero-order valence-corrected chi connectivity index (χ0v) is 10.7. The van der Waals surface area contributed by atoms with Gasteiger partial charge in [-0.15, -0.1) is 0 Å². The molecule has 0 amide bonds. The van der Waals surface area contributed by atoms with Crippen LogP contribution in [0.2, 0.25) is 0 Å². The van der Waals surface area contributed by atoms with E-state index in [9.17, 15) is 0 Å². The average molecular weight is 258 g/mol. The van der Waals surface area contributed by atoms with Gasteiger partial charge in [-0.25, -0.2) is 0 Å². The highest BCUT2D eigenvalue weighted by atomic mass is 32.2. The fraction of sp³-hybridized carbons (Fsp3) is 0.143. The first-order valence-electron chi connectivity index (χ1n) is 5.84. The van der Waals surface area contributed by atoms with Gasteiger partial charge in [0.1, 0.15) is 5.75 Å². The third-order valence-corrected chi connectivity index (χ3v) is 3.37. The van der Waals surface area contributed by atoms with Crippen molar-refractivity contribution >= 4 is 23.3 Å². The van der Waals surface area contributed by atoms with E-state index in [1.54, 1.807) is 11.9 Å². The molecule has 0 spiro atoms. The van der Waals surface area contributed by atoms with Crippen molar-refractivity contribution in [3.63, 3.8) is 0 Å². The number of rotatable bonds is 3. The molecule has 0 aromatic heterocycles. The third kappa shape index (κ3) is 2.54. The molecule has 0 bridgehead atoms. The van der Waals surface area contributed by atoms with Gasteiger partial charge in [0.05, 0.1) is 5.69 Å². The maximum absolute atomic E-state index is 5.51. The van der Waals surface area contributed by atoms with E-state index < -0.39 is 0 Å². The number of fused-ring (bicyclic) bond motifs is 1. The molecule has 4 heteroatoms. The molecule has 0 saturated carbocycles. The van der Waals surface area contributed by atoms with Crippen LogP contribution in [-0.4, -0.2) is 5.94 Å². The summed E-state index contributed by atoms with van der Waals surface area (Å²) in [5, 5.41) is 3.41. The molecule has 0 radical (unpaired) electrons. The zero-order valence-electron chi connectivity index (χ0n) is 9.85. The van der Waals surface area contributed by atoms with Crippen LogP contribution >= 0.6 is 11.9 Å². The largest absolute Gasteiger partial charge is 0.479 e. The van der Waals surface area contributed by atoms with Gasteiger partial charge in [0.2, 0.25) is 0 Å². The molecule has 2 aromatic carbocycles. The monoisotopic (exact) mass is 258 g/mol. The predicted molar refractivity (Wildman–Crippen MR) is 76.9 cm³/mol. The number of nitrogens with one attached hydrogen (secondary N) is 2. The summed E-state index contributed by atoms with van der Waals surface area (Å²) < 4.78 is 8.77. The van der Waals surface area contributed by atoms with Gasteiger partial charge in [0.15, 0.2) is 5.94 Å². The average Bonchev–Trinajstić information content (AvgIpc) is 2.46. The topological polar surface area (TPSA) is 33.3 Å². The molecule has 0 saturated heterocycles. The normalized spacial score (nSPS) is 13.1. The number of ether oxygens (including phenoxy) is 1. The Kier molecular flexibility index (Phi) is 3.28. The zero-order chi connectivity index (χ0) is 12.2. The van der Waals surface area contributed by atoms with Crippen LogP contribution in [-0.2, 0) is 6.54 Å². The second-order valence-corrected chi connectivity index (χ2v) is 4.79. The third-order valence-electron chi connectivity index (χ3n) is 2.77. The van der Waals surface area contributed by atoms with Crippen molar-refractivity contribution in [2.75, 3.05) is 16.0 Å². The summed E-state index contributed by atoms with van der Waals surface area (Å²) in [5.74, 6) is 1.57. The van der Waals surface area contributed by atoms with Crippen LogP contribution in [0.15, 0.2) is 48.5 Å². The van der Waals surface area contributed by atoms with Crippen LogP contribution in [0, 0.1) is 0 Å². The smallest absolute Gasteiger partial charge is 0.153 e. The Bertz CT molecular complexity index is 531. The first-order chi connectivity index (χ1) is 8.92. The molecule has 0 unspecified atom stereocenters. The molecule has 1 aliphatic rings. The van der Waals surface area contributed by atoms with Crippen LogP contribution < -0.4 is 14.8 Å². The highest BCUT2D eigenvalue weighted by Gasteiger charge is 2.09. The van der Waals surface area contributed by atoms with Gasteiger partial charge >= 0.3 is 0 Å². The molecular formula is C14H14N2OS. The van der Waals surface area contributed by atoms with E-state index in [4.69, 9.17) is 4.74 Å². The van der Waals surface area contributed by atoms with E-state index >= 15 is 0 Å². The fourth-order valence-corrected chi connectivity index (χ4v) is 2.41. The van der Waals surface area contributed by atoms with Crippen LogP contribution in [0.4, 0.5) is 11.4 Å². The van der Waals surface area contributed by atoms with Gasteiger partial charge in [-0.3, -0.25) is 0 Å². The molecule has 18 heavy (non-hydrogen) atoms. The maximum Gasteiger partial charge on any atom is 0.153 e. The summed E-state index contributed by atoms with van der Waals surface area (Å²) in [7, 11) is 0. The first-order valence-corrected chi connectivity index (χ1v) is 6.83. The first kappa shape index (κ1) is 11.3. The fourth-order valence-electron chi connectivity index (χ4n) is 1.85. The van der Waals surface area contributed by atoms with Crippen molar-refractivity contribution in [1.29, 1.82) is 0 Å². The van der Waals surface area contributed by atoms with Crippen molar-refractivity contribution in [3.05, 3.63) is 54.1 Å². The van der Waals surface area contributed by atoms with Crippen LogP contribution in [0.5, 0.6) is 5.75 Å². The minimum atomic E-state index is 0.657. The Hall–Kier alpha value is -1.81. The number of benzene rings is 2. The molecule has 1 aliphatic heterocycles. The van der Waals surface area contributed by atoms with Gasteiger partial charge in [-0.05, 0) is 35.7 Å². The van der Waals surface area contributed by atoms with Crippen molar-refractivity contribution in [2.45, 2.75) is 6.54 Å². The minimum Gasteiger partial charge on any atom is -0.479 e. The molecular weight excluding hydrogens is 244 g/mol. The molecule has 3 rings (SSSR count). The van der Waals surface area contributed by atoms with Crippen LogP contribution in [0.1, 0.15) is 5.56 Å². The van der Waals surface area contributed by atoms with E-state index in [0.717, 1.165) is 23.7 Å². The lowest BCUT2D eigenvalue weighted by Gasteiger charge is -2.19. The Morgan fingerprint density at radius 1 is 1.17 bits per heavy atom. The Morgan fingerprint density at radius 2 is 2.06 bits per heavy atom. The van der Waals surface area contributed by atoms with Gasteiger partial charge in [0, 0.05) is 12.2 Å². The van der Waals surface area contributed by atoms with E-state index in [1.165, 1.54) is 5.56 Å². The summed E-state index contributed by atoms with van der Waals surface area (Å²) in [6, 6.07) is 16.5. The number of anilines is 2. The second kappa shape index (κ2) is 5.23. The highest BCUT2D eigenvalue weighted by Crippen LogP contribution is 2.33. The molecule has 2 aromatic rings. The van der Waals surface area contributed by atoms with Gasteiger partial charge in [-0.1, -0.05) is 30.3 Å². The summed E-state index contributed by atoms with van der Waals surface area (Å²) >= 11 is 1.56. The Labute approximate surface area is 111 Å². The summed E-state index contributed by atoms with van der Waals surface area (Å²) in [6.07, 6.45) is 0. The Balaban J connectivity index is 1.70. The van der Waals surface area contributed by atoms with E-state index in [-0.39, 0.29) is 0 Å². The molecule has 92 valence electrons. The maximum atomic E-state index is 5.51. The standard InChI is InChI=1S/C14H14N2OS/c1-2-4-11(5-3-1)9-15-12-6-7-14-13(8-12)16-18-10-17-14/h1-8,15-16H,9-10H2. The predicted octanol–water partition coefficient (Wildman–Crippen LogP) is 3.71. The minimum absolute atomic E-state index is 0.657. The van der Waals surface area contributed by atoms with Crippen LogP contribution in [0.25, 0.3) is 0 Å². The van der Waals surface area contributed by atoms with E-state index in [0.29, 0.717) is 5.94 Å². The molecule has 0 fully saturated rings. The number of hydrogen-bond acceptors (Lipinski definition) is 4. The Morgan fingerprint density at radius 3 is 2.94 bits per heavy atom. The summed E-state index contributed by atoms with van der Waals surface area (Å²) in [4.78, 5) is 0. The molecule has 2 N–H and O–H groups in total. The van der Waals surface area contributed by atoms with Crippen molar-refractivity contribution in [2.24, 2.45) is 0 Å². The second-order valence-electron chi connectivity index (χ2n) is 4.06. The molecule has 3 nitrogen and oxygen atoms in total. The highest BCUT2D eigenvalue weighted by molar-refractivity contribution is 8.00. The molecule has 0 aliphatic carbocycles. The van der Waals surface area contributed by atoms with Crippen molar-refractivity contribution in [3.8, 4) is 5.75 Å². The van der Waals surface area contributed by atoms with Crippen LogP contribution in [0.3, 0.4) is 0 Å². The lowest BCUT2D eigenvalue weighted by molar-refractivity contribution is 0.392. The molecule has 0 atom stereocenters. The summed E-state index contributed by atoms with van der Waals surface area (Å²) in [5.41, 5.74) is 3.40. The van der Waals surface area contributed by atoms with Gasteiger partial charge in [-0.2, -0.15) is 0 Å². The van der Waals surface area contributed by atoms with Gasteiger partial charge < -0.3 is 14.8 Å².